The molecule has 2 aliphatic rings. The van der Waals surface area contributed by atoms with Crippen LogP contribution in [0, 0.1) is 0 Å². The van der Waals surface area contributed by atoms with Crippen LogP contribution in [0.4, 0.5) is 5.82 Å². The average Bonchev–Trinajstić information content (AvgIpc) is 3.13. The highest BCUT2D eigenvalue weighted by Gasteiger charge is 2.42. The van der Waals surface area contributed by atoms with E-state index in [0.717, 1.165) is 37.2 Å². The molecule has 134 valence electrons. The topological polar surface area (TPSA) is 68.8 Å². The first-order valence-corrected chi connectivity index (χ1v) is 9.06. The number of hydrogen-bond donors (Lipinski definition) is 0. The first-order valence-electron chi connectivity index (χ1n) is 9.06. The van der Waals surface area contributed by atoms with Gasteiger partial charge in [-0.1, -0.05) is 26.0 Å². The van der Waals surface area contributed by atoms with Crippen LogP contribution >= 0.6 is 0 Å². The second-order valence-corrected chi connectivity index (χ2v) is 8.45. The van der Waals surface area contributed by atoms with E-state index < -0.39 is 0 Å². The van der Waals surface area contributed by atoms with Gasteiger partial charge in [-0.15, -0.1) is 5.10 Å². The molecule has 2 aromatic heterocycles. The molecule has 25 heavy (non-hydrogen) atoms. The first-order chi connectivity index (χ1) is 11.8. The molecule has 4 rings (SSSR count). The zero-order valence-corrected chi connectivity index (χ0v) is 15.4. The molecule has 0 spiro atoms. The molecule has 0 aromatic carbocycles. The molecule has 2 fully saturated rings. The van der Waals surface area contributed by atoms with Crippen LogP contribution in [0.3, 0.4) is 0 Å². The first kappa shape index (κ1) is 16.3. The van der Waals surface area contributed by atoms with E-state index >= 15 is 0 Å². The van der Waals surface area contributed by atoms with E-state index in [4.69, 9.17) is 0 Å². The van der Waals surface area contributed by atoms with E-state index in [1.807, 2.05) is 0 Å². The largest absolute Gasteiger partial charge is 0.350 e. The van der Waals surface area contributed by atoms with Crippen molar-refractivity contribution in [3.05, 3.63) is 34.6 Å². The summed E-state index contributed by atoms with van der Waals surface area (Å²) in [7, 11) is 1.73. The highest BCUT2D eigenvalue weighted by molar-refractivity contribution is 5.42. The van der Waals surface area contributed by atoms with Crippen LogP contribution in [0.15, 0.2) is 23.4 Å². The Morgan fingerprint density at radius 1 is 1.12 bits per heavy atom. The Bertz CT molecular complexity index is 819. The lowest BCUT2D eigenvalue weighted by Crippen LogP contribution is -2.44. The smallest absolute Gasteiger partial charge is 0.255 e. The number of aromatic nitrogens is 5. The van der Waals surface area contributed by atoms with E-state index in [2.05, 4.69) is 51.8 Å². The highest BCUT2D eigenvalue weighted by Crippen LogP contribution is 2.42. The Labute approximate surface area is 147 Å². The fourth-order valence-electron chi connectivity index (χ4n) is 4.13. The van der Waals surface area contributed by atoms with Crippen molar-refractivity contribution in [3.63, 3.8) is 0 Å². The predicted molar refractivity (Wildman–Crippen MR) is 95.8 cm³/mol. The second-order valence-electron chi connectivity index (χ2n) is 8.45. The van der Waals surface area contributed by atoms with Crippen molar-refractivity contribution in [2.24, 2.45) is 7.05 Å². The summed E-state index contributed by atoms with van der Waals surface area (Å²) in [6.45, 7) is 6.49. The second kappa shape index (κ2) is 5.68. The Morgan fingerprint density at radius 2 is 1.80 bits per heavy atom. The summed E-state index contributed by atoms with van der Waals surface area (Å²) in [6, 6.07) is 2.89. The van der Waals surface area contributed by atoms with Gasteiger partial charge in [-0.2, -0.15) is 0 Å². The maximum absolute atomic E-state index is 12.0. The minimum atomic E-state index is -0.00220. The van der Waals surface area contributed by atoms with Gasteiger partial charge in [0.25, 0.3) is 5.56 Å². The van der Waals surface area contributed by atoms with Gasteiger partial charge in [0.2, 0.25) is 0 Å². The molecule has 7 nitrogen and oxygen atoms in total. The standard InChI is InChI=1S/C18H26N6O/c1-18(2,3)15-10-23(21-20-15)14-7-12-5-6-13(8-14)24(12)16-9-17(25)22(4)11-19-16/h9-14H,5-8H2,1-4H3. The van der Waals surface area contributed by atoms with Gasteiger partial charge < -0.3 is 9.47 Å². The van der Waals surface area contributed by atoms with Crippen molar-refractivity contribution in [2.45, 2.75) is 70.0 Å². The molecule has 2 atom stereocenters. The number of hydrogen-bond acceptors (Lipinski definition) is 5. The van der Waals surface area contributed by atoms with Crippen LogP contribution in [0.1, 0.15) is 58.2 Å². The lowest BCUT2D eigenvalue weighted by Gasteiger charge is -2.39. The summed E-state index contributed by atoms with van der Waals surface area (Å²) in [4.78, 5) is 18.8. The van der Waals surface area contributed by atoms with Gasteiger partial charge in [-0.3, -0.25) is 4.79 Å². The van der Waals surface area contributed by atoms with E-state index in [-0.39, 0.29) is 11.0 Å². The molecule has 0 N–H and O–H groups in total. The molecule has 2 bridgehead atoms. The van der Waals surface area contributed by atoms with Gasteiger partial charge in [0.1, 0.15) is 5.82 Å². The summed E-state index contributed by atoms with van der Waals surface area (Å²) in [5.41, 5.74) is 1.06. The Hall–Kier alpha value is -2.18. The van der Waals surface area contributed by atoms with Gasteiger partial charge in [0, 0.05) is 36.8 Å². The zero-order valence-electron chi connectivity index (χ0n) is 15.4. The molecule has 0 saturated carbocycles. The molecule has 2 saturated heterocycles. The molecule has 0 radical (unpaired) electrons. The Morgan fingerprint density at radius 3 is 2.36 bits per heavy atom. The summed E-state index contributed by atoms with van der Waals surface area (Å²) < 4.78 is 3.57. The number of rotatable bonds is 2. The number of fused-ring (bicyclic) bond motifs is 2. The number of piperidine rings is 1. The van der Waals surface area contributed by atoms with Crippen LogP contribution in [-0.2, 0) is 12.5 Å². The number of nitrogens with zero attached hydrogens (tertiary/aromatic N) is 6. The van der Waals surface area contributed by atoms with Crippen LogP contribution in [0.2, 0.25) is 0 Å². The fourth-order valence-corrected chi connectivity index (χ4v) is 4.13. The minimum Gasteiger partial charge on any atom is -0.350 e. The lowest BCUT2D eigenvalue weighted by molar-refractivity contribution is 0.309. The Balaban J connectivity index is 1.56. The van der Waals surface area contributed by atoms with Crippen LogP contribution < -0.4 is 10.5 Å². The third kappa shape index (κ3) is 2.85. The van der Waals surface area contributed by atoms with Gasteiger partial charge in [0.05, 0.1) is 18.1 Å². The number of anilines is 1. The van der Waals surface area contributed by atoms with Crippen LogP contribution in [0.5, 0.6) is 0 Å². The molecule has 0 aliphatic carbocycles. The zero-order chi connectivity index (χ0) is 17.8. The summed E-state index contributed by atoms with van der Waals surface area (Å²) >= 11 is 0. The average molecular weight is 342 g/mol. The van der Waals surface area contributed by atoms with Gasteiger partial charge >= 0.3 is 0 Å². The summed E-state index contributed by atoms with van der Waals surface area (Å²) in [5, 5.41) is 8.78. The van der Waals surface area contributed by atoms with Crippen molar-refractivity contribution >= 4 is 5.82 Å². The molecule has 0 amide bonds. The predicted octanol–water partition coefficient (Wildman–Crippen LogP) is 2.04. The van der Waals surface area contributed by atoms with Gasteiger partial charge in [-0.25, -0.2) is 9.67 Å². The van der Waals surface area contributed by atoms with Gasteiger partial charge in [-0.05, 0) is 25.7 Å². The summed E-state index contributed by atoms with van der Waals surface area (Å²) in [5.74, 6) is 0.822. The van der Waals surface area contributed by atoms with Crippen LogP contribution in [-0.4, -0.2) is 36.6 Å². The van der Waals surface area contributed by atoms with Crippen LogP contribution in [0.25, 0.3) is 0 Å². The van der Waals surface area contributed by atoms with E-state index in [1.165, 1.54) is 4.57 Å². The third-order valence-electron chi connectivity index (χ3n) is 5.59. The molecule has 2 aliphatic heterocycles. The molecule has 4 heterocycles. The highest BCUT2D eigenvalue weighted by atomic mass is 16.1. The lowest BCUT2D eigenvalue weighted by atomic mass is 9.93. The van der Waals surface area contributed by atoms with E-state index in [0.29, 0.717) is 18.1 Å². The molecule has 2 unspecified atom stereocenters. The normalized spacial score (nSPS) is 26.2. The maximum atomic E-state index is 12.0. The molecular formula is C18H26N6O. The molecule has 7 heteroatoms. The Kier molecular flexibility index (Phi) is 3.70. The van der Waals surface area contributed by atoms with Crippen molar-refractivity contribution < 1.29 is 0 Å². The minimum absolute atomic E-state index is 0.00220. The van der Waals surface area contributed by atoms with Gasteiger partial charge in [0.15, 0.2) is 0 Å². The SMILES string of the molecule is Cn1cnc(N2C3CCC2CC(n2cc(C(C)(C)C)nn2)C3)cc1=O. The van der Waals surface area contributed by atoms with Crippen molar-refractivity contribution in [3.8, 4) is 0 Å². The van der Waals surface area contributed by atoms with E-state index in [1.54, 1.807) is 19.4 Å². The quantitative estimate of drug-likeness (QED) is 0.835. The monoisotopic (exact) mass is 342 g/mol. The van der Waals surface area contributed by atoms with Crippen molar-refractivity contribution in [1.82, 2.24) is 24.5 Å². The summed E-state index contributed by atoms with van der Waals surface area (Å²) in [6.07, 6.45) is 8.09. The fraction of sp³-hybridized carbons (Fsp3) is 0.667. The number of aryl methyl sites for hydroxylation is 1. The van der Waals surface area contributed by atoms with E-state index in [9.17, 15) is 4.79 Å². The maximum Gasteiger partial charge on any atom is 0.255 e. The third-order valence-corrected chi connectivity index (χ3v) is 5.59. The van der Waals surface area contributed by atoms with Crippen molar-refractivity contribution in [1.29, 1.82) is 0 Å². The molecule has 2 aromatic rings. The molecular weight excluding hydrogens is 316 g/mol. The van der Waals surface area contributed by atoms with Crippen molar-refractivity contribution in [2.75, 3.05) is 4.90 Å².